The number of hydrogen-bond donors (Lipinski definition) is 0. The Balaban J connectivity index is 0.00000324. The Morgan fingerprint density at radius 3 is 2.26 bits per heavy atom. The lowest BCUT2D eigenvalue weighted by atomic mass is 9.90. The maximum atomic E-state index is 12.0. The van der Waals surface area contributed by atoms with E-state index in [1.807, 2.05) is 24.3 Å². The van der Waals surface area contributed by atoms with E-state index in [9.17, 15) is 9.90 Å². The lowest BCUT2D eigenvalue weighted by Gasteiger charge is -2.23. The van der Waals surface area contributed by atoms with E-state index in [4.69, 9.17) is 4.42 Å². The van der Waals surface area contributed by atoms with E-state index in [2.05, 4.69) is 61.4 Å². The first-order valence-electron chi connectivity index (χ1n) is 11.7. The molecule has 2 aliphatic rings. The zero-order valence-corrected chi connectivity index (χ0v) is 20.2. The van der Waals surface area contributed by atoms with Crippen molar-refractivity contribution in [2.45, 2.75) is 27.7 Å². The highest BCUT2D eigenvalue weighted by Gasteiger charge is 2.21. The second kappa shape index (κ2) is 10.5. The van der Waals surface area contributed by atoms with Crippen LogP contribution in [-0.4, -0.2) is 37.6 Å². The third kappa shape index (κ3) is 4.41. The van der Waals surface area contributed by atoms with Crippen molar-refractivity contribution in [3.05, 3.63) is 71.6 Å². The van der Waals surface area contributed by atoms with Gasteiger partial charge in [0.25, 0.3) is 0 Å². The number of rotatable bonds is 7. The summed E-state index contributed by atoms with van der Waals surface area (Å²) in [5.74, 6) is -0.459. The van der Waals surface area contributed by atoms with Crippen molar-refractivity contribution >= 4 is 22.6 Å². The van der Waals surface area contributed by atoms with Crippen LogP contribution in [0, 0.1) is 0 Å². The van der Waals surface area contributed by atoms with Crippen LogP contribution < -0.4 is 19.9 Å². The molecule has 34 heavy (non-hydrogen) atoms. The van der Waals surface area contributed by atoms with E-state index < -0.39 is 5.97 Å². The van der Waals surface area contributed by atoms with Gasteiger partial charge in [0.05, 0.1) is 12.0 Å². The number of carboxylic acids is 1. The molecular formula is C28H32N2O4. The van der Waals surface area contributed by atoms with Crippen LogP contribution in [0.2, 0.25) is 0 Å². The molecule has 0 radical (unpaired) electrons. The number of carbonyl (C=O) groups excluding carboxylic acids is 1. The zero-order valence-electron chi connectivity index (χ0n) is 20.2. The van der Waals surface area contributed by atoms with Gasteiger partial charge in [-0.1, -0.05) is 24.3 Å². The molecule has 2 N–H and O–H groups in total. The molecule has 0 spiro atoms. The standard InChI is InChI=1S/C28H30N2O3.H2O/c1-5-29(6-2)19-13-15-23-25(17-19)33-26-18-20(30(7-3)8-4)14-16-24(26)27(23)21-11-9-10-12-22(21)28(31)32;/h9-18H,5-8H2,1-4H3;1H2. The Morgan fingerprint density at radius 1 is 0.912 bits per heavy atom. The summed E-state index contributed by atoms with van der Waals surface area (Å²) in [4.78, 5) is 14.2. The molecule has 6 nitrogen and oxygen atoms in total. The fraction of sp³-hybridized carbons (Fsp3) is 0.286. The molecule has 2 aromatic carbocycles. The molecule has 0 aromatic heterocycles. The third-order valence-corrected chi connectivity index (χ3v) is 6.36. The molecule has 2 aromatic rings. The molecule has 178 valence electrons. The summed E-state index contributed by atoms with van der Waals surface area (Å²) < 4.78 is 8.72. The molecule has 0 saturated heterocycles. The minimum absolute atomic E-state index is 0. The maximum Gasteiger partial charge on any atom is 0.203 e. The van der Waals surface area contributed by atoms with E-state index in [-0.39, 0.29) is 11.0 Å². The van der Waals surface area contributed by atoms with Crippen molar-refractivity contribution in [1.82, 2.24) is 4.58 Å². The van der Waals surface area contributed by atoms with Gasteiger partial charge < -0.3 is 24.7 Å². The van der Waals surface area contributed by atoms with E-state index >= 15 is 0 Å². The van der Waals surface area contributed by atoms with E-state index in [1.54, 1.807) is 12.1 Å². The molecule has 0 saturated carbocycles. The molecule has 4 rings (SSSR count). The first-order chi connectivity index (χ1) is 16.0. The van der Waals surface area contributed by atoms with Gasteiger partial charge in [0.15, 0.2) is 0 Å². The number of fused-ring (bicyclic) bond motifs is 2. The fourth-order valence-corrected chi connectivity index (χ4v) is 4.61. The fourth-order valence-electron chi connectivity index (χ4n) is 4.61. The highest BCUT2D eigenvalue weighted by Crippen LogP contribution is 2.41. The number of anilines is 1. The summed E-state index contributed by atoms with van der Waals surface area (Å²) in [5, 5.41) is 13.9. The third-order valence-electron chi connectivity index (χ3n) is 6.36. The number of hydrogen-bond acceptors (Lipinski definition) is 4. The number of carbonyl (C=O) groups is 1. The van der Waals surface area contributed by atoms with Crippen molar-refractivity contribution in [3.63, 3.8) is 0 Å². The molecule has 1 aliphatic carbocycles. The predicted octanol–water partition coefficient (Wildman–Crippen LogP) is 3.40. The number of carboxylic acid groups (broad SMARTS) is 1. The van der Waals surface area contributed by atoms with Gasteiger partial charge in [-0.15, -0.1) is 0 Å². The average molecular weight is 461 g/mol. The number of aromatic carboxylic acids is 1. The SMILES string of the molecule is CCN(CC)c1ccc2c(-c3ccccc3C(=O)[O-])c3ccc(=[N+](CC)CC)cc-3oc2c1.O. The quantitative estimate of drug-likeness (QED) is 0.312. The largest absolute Gasteiger partial charge is 0.545 e. The first-order valence-corrected chi connectivity index (χ1v) is 11.7. The predicted molar refractivity (Wildman–Crippen MR) is 136 cm³/mol. The molecule has 1 heterocycles. The Kier molecular flexibility index (Phi) is 7.74. The Morgan fingerprint density at radius 2 is 1.62 bits per heavy atom. The molecule has 0 atom stereocenters. The molecule has 0 bridgehead atoms. The van der Waals surface area contributed by atoms with Gasteiger partial charge in [-0.2, -0.15) is 0 Å². The van der Waals surface area contributed by atoms with Crippen LogP contribution in [0.4, 0.5) is 5.69 Å². The smallest absolute Gasteiger partial charge is 0.203 e. The van der Waals surface area contributed by atoms with Crippen molar-refractivity contribution in [3.8, 4) is 22.5 Å². The van der Waals surface area contributed by atoms with Crippen LogP contribution >= 0.6 is 0 Å². The summed E-state index contributed by atoms with van der Waals surface area (Å²) in [6.45, 7) is 12.1. The topological polar surface area (TPSA) is 91.0 Å². The lowest BCUT2D eigenvalue weighted by Crippen LogP contribution is -2.29. The minimum atomic E-state index is -1.19. The van der Waals surface area contributed by atoms with Gasteiger partial charge in [-0.05, 0) is 51.5 Å². The second-order valence-corrected chi connectivity index (χ2v) is 8.02. The van der Waals surface area contributed by atoms with E-state index in [1.165, 1.54) is 0 Å². The van der Waals surface area contributed by atoms with Gasteiger partial charge >= 0.3 is 0 Å². The first kappa shape index (κ1) is 25.0. The molecular weight excluding hydrogens is 428 g/mol. The molecule has 0 fully saturated rings. The maximum absolute atomic E-state index is 12.0. The molecule has 0 amide bonds. The van der Waals surface area contributed by atoms with Crippen LogP contribution in [0.25, 0.3) is 33.4 Å². The van der Waals surface area contributed by atoms with E-state index in [0.717, 1.165) is 65.1 Å². The normalized spacial score (nSPS) is 10.8. The van der Waals surface area contributed by atoms with Crippen molar-refractivity contribution in [1.29, 1.82) is 0 Å². The van der Waals surface area contributed by atoms with Gasteiger partial charge in [0, 0.05) is 53.0 Å². The van der Waals surface area contributed by atoms with Crippen molar-refractivity contribution in [2.24, 2.45) is 0 Å². The molecule has 0 unspecified atom stereocenters. The Labute approximate surface area is 200 Å². The van der Waals surface area contributed by atoms with Gasteiger partial charge in [-0.3, -0.25) is 0 Å². The summed E-state index contributed by atoms with van der Waals surface area (Å²) >= 11 is 0. The van der Waals surface area contributed by atoms with Crippen molar-refractivity contribution in [2.75, 3.05) is 31.1 Å². The average Bonchev–Trinajstić information content (AvgIpc) is 2.84. The summed E-state index contributed by atoms with van der Waals surface area (Å²) in [7, 11) is 0. The van der Waals surface area contributed by atoms with E-state index in [0.29, 0.717) is 5.56 Å². The Bertz CT molecular complexity index is 1350. The zero-order chi connectivity index (χ0) is 23.5. The van der Waals surface area contributed by atoms with Gasteiger partial charge in [0.2, 0.25) is 5.36 Å². The lowest BCUT2D eigenvalue weighted by molar-refractivity contribution is -0.254. The van der Waals surface area contributed by atoms with Crippen molar-refractivity contribution < 1.29 is 19.8 Å². The second-order valence-electron chi connectivity index (χ2n) is 8.02. The molecule has 6 heteroatoms. The van der Waals surface area contributed by atoms with Gasteiger partial charge in [-0.25, -0.2) is 4.58 Å². The van der Waals surface area contributed by atoms with Crippen LogP contribution in [0.1, 0.15) is 38.1 Å². The number of benzene rings is 3. The highest BCUT2D eigenvalue weighted by molar-refractivity contribution is 6.07. The van der Waals surface area contributed by atoms with Crippen LogP contribution in [0.15, 0.2) is 65.1 Å². The number of nitrogens with zero attached hydrogens (tertiary/aromatic N) is 2. The monoisotopic (exact) mass is 460 g/mol. The Hall–Kier alpha value is -3.64. The molecule has 1 aliphatic heterocycles. The van der Waals surface area contributed by atoms with Crippen LogP contribution in [0.3, 0.4) is 0 Å². The summed E-state index contributed by atoms with van der Waals surface area (Å²) in [5.41, 5.74) is 4.34. The minimum Gasteiger partial charge on any atom is -0.545 e. The highest BCUT2D eigenvalue weighted by atomic mass is 16.4. The summed E-state index contributed by atoms with van der Waals surface area (Å²) in [6.07, 6.45) is 0. The van der Waals surface area contributed by atoms with Crippen LogP contribution in [0.5, 0.6) is 0 Å². The van der Waals surface area contributed by atoms with Crippen LogP contribution in [-0.2, 0) is 0 Å². The summed E-state index contributed by atoms with van der Waals surface area (Å²) in [6, 6.07) is 19.3. The van der Waals surface area contributed by atoms with Gasteiger partial charge in [0.1, 0.15) is 24.4 Å².